The molecular weight excluding hydrogens is 446 g/mol. The molecule has 0 radical (unpaired) electrons. The summed E-state index contributed by atoms with van der Waals surface area (Å²) in [6.07, 6.45) is -8.73. The van der Waals surface area contributed by atoms with E-state index in [1.54, 1.807) is 0 Å². The number of ether oxygens (including phenoxy) is 2. The summed E-state index contributed by atoms with van der Waals surface area (Å²) in [5.74, 6) is -1.08. The monoisotopic (exact) mass is 460 g/mol. The lowest BCUT2D eigenvalue weighted by atomic mass is 10.1. The molecule has 1 aliphatic heterocycles. The Hall–Kier alpha value is -3.35. The van der Waals surface area contributed by atoms with E-state index in [4.69, 9.17) is 4.74 Å². The van der Waals surface area contributed by atoms with Gasteiger partial charge in [0.1, 0.15) is 11.3 Å². The topological polar surface area (TPSA) is 69.0 Å². The first-order chi connectivity index (χ1) is 15.0. The van der Waals surface area contributed by atoms with Crippen LogP contribution in [0.3, 0.4) is 0 Å². The molecule has 32 heavy (non-hydrogen) atoms. The molecule has 1 saturated heterocycles. The van der Waals surface area contributed by atoms with E-state index in [9.17, 15) is 31.1 Å². The fourth-order valence-corrected chi connectivity index (χ4v) is 3.23. The Morgan fingerprint density at radius 1 is 1.03 bits per heavy atom. The SMILES string of the molecule is O=C(c1cnn2c(C(F)(F)F)cc(-c3ccc(OC(F)(F)F)cc3)nc12)N1CCOCC1. The summed E-state index contributed by atoms with van der Waals surface area (Å²) < 4.78 is 87.6. The second-order valence-corrected chi connectivity index (χ2v) is 6.79. The molecule has 0 unspecified atom stereocenters. The molecule has 0 atom stereocenters. The molecule has 1 aliphatic rings. The first kappa shape index (κ1) is 21.9. The lowest BCUT2D eigenvalue weighted by Crippen LogP contribution is -2.40. The molecule has 1 amide bonds. The third kappa shape index (κ3) is 4.47. The van der Waals surface area contributed by atoms with Crippen LogP contribution in [0.5, 0.6) is 5.75 Å². The van der Waals surface area contributed by atoms with Crippen LogP contribution < -0.4 is 4.74 Å². The second-order valence-electron chi connectivity index (χ2n) is 6.79. The number of hydrogen-bond acceptors (Lipinski definition) is 5. The van der Waals surface area contributed by atoms with Gasteiger partial charge >= 0.3 is 12.5 Å². The Kier molecular flexibility index (Phi) is 5.44. The molecular formula is C19H14F6N4O3. The van der Waals surface area contributed by atoms with Gasteiger partial charge in [0.25, 0.3) is 5.91 Å². The zero-order valence-corrected chi connectivity index (χ0v) is 16.1. The van der Waals surface area contributed by atoms with Crippen LogP contribution in [0.25, 0.3) is 16.9 Å². The molecule has 1 fully saturated rings. The third-order valence-electron chi connectivity index (χ3n) is 4.67. The van der Waals surface area contributed by atoms with Gasteiger partial charge < -0.3 is 14.4 Å². The van der Waals surface area contributed by atoms with Crippen LogP contribution >= 0.6 is 0 Å². The number of nitrogens with zero attached hydrogens (tertiary/aromatic N) is 4. The molecule has 4 rings (SSSR count). The van der Waals surface area contributed by atoms with Crippen molar-refractivity contribution in [3.8, 4) is 17.0 Å². The summed E-state index contributed by atoms with van der Waals surface area (Å²) in [6.45, 7) is 1.12. The van der Waals surface area contributed by atoms with Crippen molar-refractivity contribution in [3.63, 3.8) is 0 Å². The molecule has 7 nitrogen and oxygen atoms in total. The fourth-order valence-electron chi connectivity index (χ4n) is 3.23. The van der Waals surface area contributed by atoms with Gasteiger partial charge in [0.2, 0.25) is 0 Å². The minimum absolute atomic E-state index is 0.0958. The first-order valence-corrected chi connectivity index (χ1v) is 9.22. The van der Waals surface area contributed by atoms with Crippen molar-refractivity contribution in [1.82, 2.24) is 19.5 Å². The Morgan fingerprint density at radius 2 is 1.69 bits per heavy atom. The third-order valence-corrected chi connectivity index (χ3v) is 4.67. The van der Waals surface area contributed by atoms with Gasteiger partial charge in [-0.2, -0.15) is 18.3 Å². The maximum Gasteiger partial charge on any atom is 0.573 e. The largest absolute Gasteiger partial charge is 0.573 e. The second kappa shape index (κ2) is 7.97. The molecule has 3 heterocycles. The Balaban J connectivity index is 1.78. The van der Waals surface area contributed by atoms with E-state index in [1.165, 1.54) is 4.90 Å². The summed E-state index contributed by atoms with van der Waals surface area (Å²) >= 11 is 0. The number of morpholine rings is 1. The minimum Gasteiger partial charge on any atom is -0.406 e. The summed E-state index contributed by atoms with van der Waals surface area (Å²) in [7, 11) is 0. The molecule has 0 aliphatic carbocycles. The number of halogens is 6. The van der Waals surface area contributed by atoms with Gasteiger partial charge in [0.05, 0.1) is 25.1 Å². The lowest BCUT2D eigenvalue weighted by molar-refractivity contribution is -0.274. The van der Waals surface area contributed by atoms with Crippen LogP contribution in [0.4, 0.5) is 26.3 Å². The van der Waals surface area contributed by atoms with Crippen LogP contribution in [-0.4, -0.2) is 58.1 Å². The van der Waals surface area contributed by atoms with Gasteiger partial charge in [0, 0.05) is 18.7 Å². The normalized spacial score (nSPS) is 15.2. The number of amides is 1. The molecule has 2 aromatic heterocycles. The Morgan fingerprint density at radius 3 is 2.28 bits per heavy atom. The first-order valence-electron chi connectivity index (χ1n) is 9.22. The summed E-state index contributed by atoms with van der Waals surface area (Å²) in [6, 6.07) is 4.90. The number of carbonyl (C=O) groups excluding carboxylic acids is 1. The highest BCUT2D eigenvalue weighted by atomic mass is 19.4. The average Bonchev–Trinajstić information content (AvgIpc) is 3.15. The minimum atomic E-state index is -4.91. The van der Waals surface area contributed by atoms with Crippen molar-refractivity contribution in [1.29, 1.82) is 0 Å². The molecule has 0 saturated carbocycles. The van der Waals surface area contributed by atoms with E-state index in [2.05, 4.69) is 14.8 Å². The van der Waals surface area contributed by atoms with Gasteiger partial charge in [-0.05, 0) is 30.3 Å². The average molecular weight is 460 g/mol. The summed E-state index contributed by atoms with van der Waals surface area (Å²) in [5, 5.41) is 3.70. The van der Waals surface area contributed by atoms with Gasteiger partial charge in [-0.15, -0.1) is 13.2 Å². The van der Waals surface area contributed by atoms with Crippen molar-refractivity contribution < 1.29 is 40.6 Å². The van der Waals surface area contributed by atoms with Gasteiger partial charge in [0.15, 0.2) is 11.3 Å². The highest BCUT2D eigenvalue weighted by Gasteiger charge is 2.36. The molecule has 170 valence electrons. The highest BCUT2D eigenvalue weighted by Crippen LogP contribution is 2.33. The van der Waals surface area contributed by atoms with Crippen LogP contribution in [0.2, 0.25) is 0 Å². The van der Waals surface area contributed by atoms with Crippen LogP contribution in [-0.2, 0) is 10.9 Å². The molecule has 0 N–H and O–H groups in total. The maximum absolute atomic E-state index is 13.7. The van der Waals surface area contributed by atoms with Crippen molar-refractivity contribution >= 4 is 11.6 Å². The molecule has 0 bridgehead atoms. The van der Waals surface area contributed by atoms with E-state index >= 15 is 0 Å². The van der Waals surface area contributed by atoms with Crippen molar-refractivity contribution in [2.45, 2.75) is 12.5 Å². The van der Waals surface area contributed by atoms with Crippen molar-refractivity contribution in [3.05, 3.63) is 47.8 Å². The number of fused-ring (bicyclic) bond motifs is 1. The van der Waals surface area contributed by atoms with Gasteiger partial charge in [-0.25, -0.2) is 9.50 Å². The molecule has 1 aromatic carbocycles. The number of carbonyl (C=O) groups is 1. The molecule has 0 spiro atoms. The number of aromatic nitrogens is 3. The zero-order valence-electron chi connectivity index (χ0n) is 16.1. The van der Waals surface area contributed by atoms with E-state index in [0.29, 0.717) is 23.8 Å². The number of alkyl halides is 6. The quantitative estimate of drug-likeness (QED) is 0.557. The lowest BCUT2D eigenvalue weighted by Gasteiger charge is -2.26. The Labute approximate surface area is 176 Å². The van der Waals surface area contributed by atoms with E-state index in [-0.39, 0.29) is 35.6 Å². The number of rotatable bonds is 3. The Bertz CT molecular complexity index is 1130. The predicted molar refractivity (Wildman–Crippen MR) is 96.8 cm³/mol. The zero-order chi connectivity index (χ0) is 23.1. The maximum atomic E-state index is 13.7. The smallest absolute Gasteiger partial charge is 0.406 e. The molecule has 13 heteroatoms. The van der Waals surface area contributed by atoms with Crippen molar-refractivity contribution in [2.24, 2.45) is 0 Å². The van der Waals surface area contributed by atoms with Crippen LogP contribution in [0.1, 0.15) is 16.1 Å². The van der Waals surface area contributed by atoms with Crippen molar-refractivity contribution in [2.75, 3.05) is 26.3 Å². The molecule has 3 aromatic rings. The standard InChI is InChI=1S/C19H14F6N4O3/c20-18(21,22)15-9-14(11-1-3-12(4-2-11)32-19(23,24)25)27-16-13(10-26-29(15)16)17(30)28-5-7-31-8-6-28/h1-4,9-10H,5-8H2. The fraction of sp³-hybridized carbons (Fsp3) is 0.316. The summed E-state index contributed by atoms with van der Waals surface area (Å²) in [4.78, 5) is 18.4. The summed E-state index contributed by atoms with van der Waals surface area (Å²) in [5.41, 5.74) is -1.73. The predicted octanol–water partition coefficient (Wildman–Crippen LogP) is 3.79. The number of hydrogen-bond donors (Lipinski definition) is 0. The van der Waals surface area contributed by atoms with E-state index < -0.39 is 29.9 Å². The van der Waals surface area contributed by atoms with Crippen LogP contribution in [0, 0.1) is 0 Å². The van der Waals surface area contributed by atoms with E-state index in [1.807, 2.05) is 0 Å². The highest BCUT2D eigenvalue weighted by molar-refractivity contribution is 6.00. The van der Waals surface area contributed by atoms with Gasteiger partial charge in [-0.3, -0.25) is 4.79 Å². The van der Waals surface area contributed by atoms with E-state index in [0.717, 1.165) is 30.5 Å². The van der Waals surface area contributed by atoms with Crippen LogP contribution in [0.15, 0.2) is 36.5 Å². The van der Waals surface area contributed by atoms with Gasteiger partial charge in [-0.1, -0.05) is 0 Å². The number of benzene rings is 1.